The first-order chi connectivity index (χ1) is 12.8. The molecule has 0 unspecified atom stereocenters. The standard InChI is InChI=1S/C18H24N2O6S/c1-19-27(24,25)16-10-12(7-8-15(16)26-2)17(21)20-13-6-4-3-5-11(13)9-14(20)18(22)23/h7-8,10-11,13-14,19H,3-6,9H2,1-2H3,(H,22,23)/t11-,13+,14+/m1/s1. The fourth-order valence-corrected chi connectivity index (χ4v) is 5.17. The molecule has 1 saturated heterocycles. The average molecular weight is 396 g/mol. The third-order valence-corrected chi connectivity index (χ3v) is 7.01. The van der Waals surface area contributed by atoms with Gasteiger partial charge in [0, 0.05) is 11.6 Å². The van der Waals surface area contributed by atoms with Crippen molar-refractivity contribution >= 4 is 21.9 Å². The molecule has 1 aromatic rings. The van der Waals surface area contributed by atoms with Gasteiger partial charge >= 0.3 is 5.97 Å². The molecule has 1 amide bonds. The molecule has 27 heavy (non-hydrogen) atoms. The summed E-state index contributed by atoms with van der Waals surface area (Å²) >= 11 is 0. The minimum atomic E-state index is -3.84. The number of hydrogen-bond donors (Lipinski definition) is 2. The summed E-state index contributed by atoms with van der Waals surface area (Å²) in [5.41, 5.74) is 0.141. The molecule has 1 aromatic carbocycles. The van der Waals surface area contributed by atoms with Gasteiger partial charge in [-0.15, -0.1) is 0 Å². The topological polar surface area (TPSA) is 113 Å². The number of fused-ring (bicyclic) bond motifs is 1. The largest absolute Gasteiger partial charge is 0.495 e. The third kappa shape index (κ3) is 3.53. The monoisotopic (exact) mass is 396 g/mol. The first-order valence-electron chi connectivity index (χ1n) is 8.97. The highest BCUT2D eigenvalue weighted by molar-refractivity contribution is 7.89. The summed E-state index contributed by atoms with van der Waals surface area (Å²) in [5, 5.41) is 9.61. The lowest BCUT2D eigenvalue weighted by molar-refractivity contribution is -0.141. The predicted octanol–water partition coefficient (Wildman–Crippen LogP) is 1.46. The first-order valence-corrected chi connectivity index (χ1v) is 10.5. The fraction of sp³-hybridized carbons (Fsp3) is 0.556. The fourth-order valence-electron chi connectivity index (χ4n) is 4.25. The summed E-state index contributed by atoms with van der Waals surface area (Å²) < 4.78 is 31.8. The Morgan fingerprint density at radius 3 is 2.59 bits per heavy atom. The number of sulfonamides is 1. The maximum atomic E-state index is 13.2. The van der Waals surface area contributed by atoms with E-state index in [-0.39, 0.29) is 28.2 Å². The van der Waals surface area contributed by atoms with Gasteiger partial charge in [0.2, 0.25) is 10.0 Å². The van der Waals surface area contributed by atoms with Crippen molar-refractivity contribution in [3.63, 3.8) is 0 Å². The van der Waals surface area contributed by atoms with Crippen molar-refractivity contribution in [3.05, 3.63) is 23.8 Å². The summed E-state index contributed by atoms with van der Waals surface area (Å²) in [6.07, 6.45) is 4.14. The highest BCUT2D eigenvalue weighted by atomic mass is 32.2. The van der Waals surface area contributed by atoms with Crippen molar-refractivity contribution < 1.29 is 27.9 Å². The van der Waals surface area contributed by atoms with Gasteiger partial charge in [-0.25, -0.2) is 17.9 Å². The first kappa shape index (κ1) is 19.6. The maximum absolute atomic E-state index is 13.2. The van der Waals surface area contributed by atoms with Crippen LogP contribution in [0.15, 0.2) is 23.1 Å². The number of hydrogen-bond acceptors (Lipinski definition) is 5. The van der Waals surface area contributed by atoms with Crippen LogP contribution >= 0.6 is 0 Å². The number of aliphatic carboxylic acids is 1. The average Bonchev–Trinajstić information content (AvgIpc) is 3.06. The summed E-state index contributed by atoms with van der Waals surface area (Å²) in [4.78, 5) is 26.2. The van der Waals surface area contributed by atoms with E-state index in [4.69, 9.17) is 4.74 Å². The SMILES string of the molecule is CNS(=O)(=O)c1cc(C(=O)N2[C@H](C(=O)O)C[C@H]3CCCC[C@@H]32)ccc1OC. The Hall–Kier alpha value is -2.13. The van der Waals surface area contributed by atoms with E-state index in [1.54, 1.807) is 0 Å². The Bertz CT molecular complexity index is 853. The molecule has 2 fully saturated rings. The van der Waals surface area contributed by atoms with Crippen LogP contribution in [0.1, 0.15) is 42.5 Å². The Morgan fingerprint density at radius 1 is 1.26 bits per heavy atom. The predicted molar refractivity (Wildman–Crippen MR) is 97.2 cm³/mol. The van der Waals surface area contributed by atoms with E-state index in [1.165, 1.54) is 37.3 Å². The lowest BCUT2D eigenvalue weighted by Crippen LogP contribution is -2.46. The Balaban J connectivity index is 2.01. The van der Waals surface area contributed by atoms with Crippen LogP contribution in [0.5, 0.6) is 5.75 Å². The van der Waals surface area contributed by atoms with Crippen LogP contribution in [-0.2, 0) is 14.8 Å². The molecule has 1 heterocycles. The van der Waals surface area contributed by atoms with Crippen molar-refractivity contribution in [1.82, 2.24) is 9.62 Å². The van der Waals surface area contributed by atoms with E-state index in [2.05, 4.69) is 4.72 Å². The second-order valence-corrected chi connectivity index (χ2v) is 8.84. The molecule has 2 aliphatic rings. The van der Waals surface area contributed by atoms with Crippen LogP contribution in [0.2, 0.25) is 0 Å². The molecule has 1 aliphatic carbocycles. The number of carboxylic acids is 1. The zero-order chi connectivity index (χ0) is 19.8. The number of rotatable bonds is 5. The number of nitrogens with one attached hydrogen (secondary N) is 1. The van der Waals surface area contributed by atoms with Gasteiger partial charge in [0.05, 0.1) is 7.11 Å². The van der Waals surface area contributed by atoms with Crippen molar-refractivity contribution in [3.8, 4) is 5.75 Å². The van der Waals surface area contributed by atoms with E-state index in [0.29, 0.717) is 6.42 Å². The number of ether oxygens (including phenoxy) is 1. The van der Waals surface area contributed by atoms with Crippen LogP contribution in [-0.4, -0.2) is 56.5 Å². The van der Waals surface area contributed by atoms with Crippen LogP contribution in [0.25, 0.3) is 0 Å². The Morgan fingerprint density at radius 2 is 1.96 bits per heavy atom. The molecule has 0 spiro atoms. The van der Waals surface area contributed by atoms with Crippen molar-refractivity contribution in [2.75, 3.05) is 14.2 Å². The van der Waals surface area contributed by atoms with Crippen molar-refractivity contribution in [2.24, 2.45) is 5.92 Å². The quantitative estimate of drug-likeness (QED) is 0.779. The normalized spacial score (nSPS) is 25.1. The van der Waals surface area contributed by atoms with Gasteiger partial charge in [0.1, 0.15) is 16.7 Å². The summed E-state index contributed by atoms with van der Waals surface area (Å²) in [6.45, 7) is 0. The van der Waals surface area contributed by atoms with Crippen LogP contribution in [0, 0.1) is 5.92 Å². The van der Waals surface area contributed by atoms with Gasteiger partial charge in [-0.05, 0) is 50.4 Å². The third-order valence-electron chi connectivity index (χ3n) is 5.58. The van der Waals surface area contributed by atoms with E-state index in [9.17, 15) is 23.1 Å². The number of amides is 1. The number of carbonyl (C=O) groups excluding carboxylic acids is 1. The molecule has 0 bridgehead atoms. The maximum Gasteiger partial charge on any atom is 0.326 e. The molecule has 3 rings (SSSR count). The molecule has 2 N–H and O–H groups in total. The smallest absolute Gasteiger partial charge is 0.326 e. The Labute approximate surface area is 158 Å². The summed E-state index contributed by atoms with van der Waals surface area (Å²) in [6, 6.07) is 3.16. The van der Waals surface area contributed by atoms with Crippen LogP contribution < -0.4 is 9.46 Å². The van der Waals surface area contributed by atoms with E-state index in [1.807, 2.05) is 0 Å². The van der Waals surface area contributed by atoms with Gasteiger partial charge in [-0.2, -0.15) is 0 Å². The molecule has 1 aliphatic heterocycles. The van der Waals surface area contributed by atoms with Crippen molar-refractivity contribution in [2.45, 2.75) is 49.1 Å². The van der Waals surface area contributed by atoms with E-state index >= 15 is 0 Å². The van der Waals surface area contributed by atoms with Gasteiger partial charge in [-0.3, -0.25) is 4.79 Å². The molecule has 9 heteroatoms. The zero-order valence-corrected chi connectivity index (χ0v) is 16.2. The summed E-state index contributed by atoms with van der Waals surface area (Å²) in [7, 11) is -1.21. The molecule has 0 aromatic heterocycles. The minimum absolute atomic E-state index is 0.112. The van der Waals surface area contributed by atoms with Gasteiger partial charge in [-0.1, -0.05) is 12.8 Å². The molecule has 1 saturated carbocycles. The molecular weight excluding hydrogens is 372 g/mol. The second-order valence-electron chi connectivity index (χ2n) is 6.99. The number of likely N-dealkylation sites (tertiary alicyclic amines) is 1. The highest BCUT2D eigenvalue weighted by Crippen LogP contribution is 2.41. The lowest BCUT2D eigenvalue weighted by Gasteiger charge is -2.33. The zero-order valence-electron chi connectivity index (χ0n) is 15.3. The van der Waals surface area contributed by atoms with Crippen molar-refractivity contribution in [1.29, 1.82) is 0 Å². The van der Waals surface area contributed by atoms with Gasteiger partial charge in [0.15, 0.2) is 0 Å². The molecule has 148 valence electrons. The molecular formula is C18H24N2O6S. The number of benzene rings is 1. The minimum Gasteiger partial charge on any atom is -0.495 e. The molecule has 0 radical (unpaired) electrons. The highest BCUT2D eigenvalue weighted by Gasteiger charge is 2.47. The number of methoxy groups -OCH3 is 1. The van der Waals surface area contributed by atoms with Gasteiger partial charge in [0.25, 0.3) is 5.91 Å². The summed E-state index contributed by atoms with van der Waals surface area (Å²) in [5.74, 6) is -1.17. The number of carbonyl (C=O) groups is 2. The second kappa shape index (κ2) is 7.47. The molecule has 3 atom stereocenters. The van der Waals surface area contributed by atoms with E-state index in [0.717, 1.165) is 25.7 Å². The lowest BCUT2D eigenvalue weighted by atomic mass is 9.84. The van der Waals surface area contributed by atoms with Gasteiger partial charge < -0.3 is 14.7 Å². The molecule has 8 nitrogen and oxygen atoms in total. The number of carboxylic acid groups (broad SMARTS) is 1. The van der Waals surface area contributed by atoms with Crippen LogP contribution in [0.4, 0.5) is 0 Å². The van der Waals surface area contributed by atoms with E-state index < -0.39 is 27.9 Å². The van der Waals surface area contributed by atoms with Crippen LogP contribution in [0.3, 0.4) is 0 Å². The number of nitrogens with zero attached hydrogens (tertiary/aromatic N) is 1. The Kier molecular flexibility index (Phi) is 5.43.